The van der Waals surface area contributed by atoms with Crippen molar-refractivity contribution in [1.82, 2.24) is 4.98 Å². The molecule has 1 aromatic carbocycles. The summed E-state index contributed by atoms with van der Waals surface area (Å²) in [6.45, 7) is 4.01. The fourth-order valence-corrected chi connectivity index (χ4v) is 1.64. The molecule has 0 N–H and O–H groups in total. The second-order valence-corrected chi connectivity index (χ2v) is 3.61. The van der Waals surface area contributed by atoms with Crippen LogP contribution >= 0.6 is 0 Å². The van der Waals surface area contributed by atoms with E-state index >= 15 is 0 Å². The Morgan fingerprint density at radius 2 is 2.19 bits per heavy atom. The van der Waals surface area contributed by atoms with Crippen molar-refractivity contribution in [3.8, 4) is 17.2 Å². The van der Waals surface area contributed by atoms with Crippen LogP contribution in [0.4, 0.5) is 0 Å². The number of aromatic nitrogens is 1. The number of aryl methyl sites for hydroxylation is 2. The molecule has 3 heteroatoms. The first-order valence-corrected chi connectivity index (χ1v) is 5.35. The first-order valence-electron chi connectivity index (χ1n) is 5.35. The van der Waals surface area contributed by atoms with Crippen molar-refractivity contribution >= 4 is 0 Å². The van der Waals surface area contributed by atoms with E-state index in [1.165, 1.54) is 0 Å². The van der Waals surface area contributed by atoms with Crippen molar-refractivity contribution in [3.05, 3.63) is 35.7 Å². The molecule has 16 heavy (non-hydrogen) atoms. The largest absolute Gasteiger partial charge is 0.497 e. The van der Waals surface area contributed by atoms with Crippen LogP contribution < -0.4 is 4.74 Å². The van der Waals surface area contributed by atoms with E-state index in [0.29, 0.717) is 5.89 Å². The van der Waals surface area contributed by atoms with Crippen LogP contribution in [-0.4, -0.2) is 12.1 Å². The number of hydrogen-bond donors (Lipinski definition) is 0. The molecule has 0 unspecified atom stereocenters. The normalized spacial score (nSPS) is 10.4. The van der Waals surface area contributed by atoms with Crippen molar-refractivity contribution in [2.24, 2.45) is 0 Å². The quantitative estimate of drug-likeness (QED) is 0.791. The summed E-state index contributed by atoms with van der Waals surface area (Å²) in [6, 6.07) is 7.72. The predicted molar refractivity (Wildman–Crippen MR) is 62.6 cm³/mol. The highest BCUT2D eigenvalue weighted by Gasteiger charge is 2.10. The Morgan fingerprint density at radius 3 is 2.81 bits per heavy atom. The van der Waals surface area contributed by atoms with E-state index < -0.39 is 0 Å². The number of hydrogen-bond acceptors (Lipinski definition) is 3. The fraction of sp³-hybridized carbons (Fsp3) is 0.308. The van der Waals surface area contributed by atoms with Gasteiger partial charge in [0.2, 0.25) is 5.89 Å². The third-order valence-corrected chi connectivity index (χ3v) is 2.54. The first kappa shape index (κ1) is 10.7. The zero-order valence-corrected chi connectivity index (χ0v) is 9.78. The maximum atomic E-state index is 5.62. The van der Waals surface area contributed by atoms with Gasteiger partial charge >= 0.3 is 0 Å². The fourth-order valence-electron chi connectivity index (χ4n) is 1.64. The van der Waals surface area contributed by atoms with Gasteiger partial charge in [-0.2, -0.15) is 0 Å². The number of ether oxygens (including phenoxy) is 1. The lowest BCUT2D eigenvalue weighted by molar-refractivity contribution is 0.414. The van der Waals surface area contributed by atoms with E-state index in [9.17, 15) is 0 Å². The maximum Gasteiger partial charge on any atom is 0.226 e. The molecule has 0 spiro atoms. The molecule has 0 aliphatic rings. The standard InChI is InChI=1S/C13H15NO2/c1-4-12-9(2)16-13(14-12)10-6-5-7-11(8-10)15-3/h5-8H,4H2,1-3H3. The predicted octanol–water partition coefficient (Wildman–Crippen LogP) is 3.22. The van der Waals surface area contributed by atoms with Gasteiger partial charge in [0.1, 0.15) is 11.5 Å². The number of benzene rings is 1. The Balaban J connectivity index is 2.41. The molecule has 1 aromatic heterocycles. The maximum absolute atomic E-state index is 5.62. The van der Waals surface area contributed by atoms with Gasteiger partial charge in [-0.1, -0.05) is 13.0 Å². The second-order valence-electron chi connectivity index (χ2n) is 3.61. The van der Waals surface area contributed by atoms with Gasteiger partial charge in [0.15, 0.2) is 0 Å². The van der Waals surface area contributed by atoms with Crippen molar-refractivity contribution in [2.75, 3.05) is 7.11 Å². The van der Waals surface area contributed by atoms with E-state index in [2.05, 4.69) is 11.9 Å². The smallest absolute Gasteiger partial charge is 0.226 e. The van der Waals surface area contributed by atoms with Gasteiger partial charge in [0, 0.05) is 5.56 Å². The Bertz CT molecular complexity index is 488. The van der Waals surface area contributed by atoms with Crippen LogP contribution in [0.15, 0.2) is 28.7 Å². The molecule has 1 heterocycles. The molecule has 84 valence electrons. The lowest BCUT2D eigenvalue weighted by Crippen LogP contribution is -1.85. The average Bonchev–Trinajstić information content (AvgIpc) is 2.71. The molecule has 0 atom stereocenters. The lowest BCUT2D eigenvalue weighted by Gasteiger charge is -2.00. The topological polar surface area (TPSA) is 35.3 Å². The van der Waals surface area contributed by atoms with Gasteiger partial charge in [0.05, 0.1) is 12.8 Å². The van der Waals surface area contributed by atoms with Gasteiger partial charge in [0.25, 0.3) is 0 Å². The molecule has 0 aliphatic carbocycles. The van der Waals surface area contributed by atoms with Crippen LogP contribution in [0.1, 0.15) is 18.4 Å². The van der Waals surface area contributed by atoms with E-state index in [1.54, 1.807) is 7.11 Å². The van der Waals surface area contributed by atoms with Crippen LogP contribution in [0.25, 0.3) is 11.5 Å². The highest BCUT2D eigenvalue weighted by atomic mass is 16.5. The van der Waals surface area contributed by atoms with Crippen LogP contribution in [0.5, 0.6) is 5.75 Å². The van der Waals surface area contributed by atoms with Crippen molar-refractivity contribution in [3.63, 3.8) is 0 Å². The van der Waals surface area contributed by atoms with Crippen LogP contribution in [-0.2, 0) is 6.42 Å². The third-order valence-electron chi connectivity index (χ3n) is 2.54. The molecule has 2 rings (SSSR count). The van der Waals surface area contributed by atoms with Crippen LogP contribution in [0, 0.1) is 6.92 Å². The number of methoxy groups -OCH3 is 1. The molecule has 0 saturated carbocycles. The van der Waals surface area contributed by atoms with Crippen LogP contribution in [0.3, 0.4) is 0 Å². The minimum Gasteiger partial charge on any atom is -0.497 e. The Morgan fingerprint density at radius 1 is 1.38 bits per heavy atom. The molecule has 0 aliphatic heterocycles. The minimum absolute atomic E-state index is 0.660. The first-order chi connectivity index (χ1) is 7.74. The highest BCUT2D eigenvalue weighted by Crippen LogP contribution is 2.25. The summed E-state index contributed by atoms with van der Waals surface area (Å²) in [6.07, 6.45) is 0.888. The van der Waals surface area contributed by atoms with Gasteiger partial charge < -0.3 is 9.15 Å². The number of oxazole rings is 1. The van der Waals surface area contributed by atoms with Crippen molar-refractivity contribution < 1.29 is 9.15 Å². The summed E-state index contributed by atoms with van der Waals surface area (Å²) in [7, 11) is 1.65. The summed E-state index contributed by atoms with van der Waals surface area (Å²) >= 11 is 0. The Kier molecular flexibility index (Phi) is 2.95. The zero-order chi connectivity index (χ0) is 11.5. The monoisotopic (exact) mass is 217 g/mol. The molecule has 3 nitrogen and oxygen atoms in total. The summed E-state index contributed by atoms with van der Waals surface area (Å²) < 4.78 is 10.8. The molecule has 0 fully saturated rings. The van der Waals surface area contributed by atoms with Crippen molar-refractivity contribution in [1.29, 1.82) is 0 Å². The molecule has 0 radical (unpaired) electrons. The SMILES string of the molecule is CCc1nc(-c2cccc(OC)c2)oc1C. The van der Waals surface area contributed by atoms with Gasteiger partial charge in [-0.25, -0.2) is 4.98 Å². The summed E-state index contributed by atoms with van der Waals surface area (Å²) in [5.41, 5.74) is 1.96. The van der Waals surface area contributed by atoms with Crippen LogP contribution in [0.2, 0.25) is 0 Å². The van der Waals surface area contributed by atoms with E-state index in [-0.39, 0.29) is 0 Å². The Hall–Kier alpha value is -1.77. The molecule has 0 saturated heterocycles. The highest BCUT2D eigenvalue weighted by molar-refractivity contribution is 5.56. The Labute approximate surface area is 95.1 Å². The molecule has 2 aromatic rings. The molecule has 0 bridgehead atoms. The summed E-state index contributed by atoms with van der Waals surface area (Å²) in [4.78, 5) is 4.45. The average molecular weight is 217 g/mol. The van der Waals surface area contributed by atoms with Gasteiger partial charge in [-0.15, -0.1) is 0 Å². The van der Waals surface area contributed by atoms with E-state index in [1.807, 2.05) is 31.2 Å². The van der Waals surface area contributed by atoms with Gasteiger partial charge in [-0.3, -0.25) is 0 Å². The summed E-state index contributed by atoms with van der Waals surface area (Å²) in [5.74, 6) is 2.36. The zero-order valence-electron chi connectivity index (χ0n) is 9.78. The molecular formula is C13H15NO2. The van der Waals surface area contributed by atoms with Crippen molar-refractivity contribution in [2.45, 2.75) is 20.3 Å². The number of rotatable bonds is 3. The van der Waals surface area contributed by atoms with E-state index in [4.69, 9.17) is 9.15 Å². The summed E-state index contributed by atoms with van der Waals surface area (Å²) in [5, 5.41) is 0. The lowest BCUT2D eigenvalue weighted by atomic mass is 10.2. The third kappa shape index (κ3) is 1.94. The minimum atomic E-state index is 0.660. The molecule has 0 amide bonds. The molecular weight excluding hydrogens is 202 g/mol. The van der Waals surface area contributed by atoms with Gasteiger partial charge in [-0.05, 0) is 31.5 Å². The van der Waals surface area contributed by atoms with E-state index in [0.717, 1.165) is 29.2 Å². The number of nitrogens with zero attached hydrogens (tertiary/aromatic N) is 1. The second kappa shape index (κ2) is 4.39.